The van der Waals surface area contributed by atoms with E-state index in [9.17, 15) is 24.4 Å². The first kappa shape index (κ1) is 24.2. The molecule has 9 nitrogen and oxygen atoms in total. The molecular formula is C26H28N4O5. The number of carboxylic acid groups (broad SMARTS) is 1. The maximum atomic E-state index is 13.9. The fraction of sp³-hybridized carbons (Fsp3) is 0.423. The van der Waals surface area contributed by atoms with E-state index in [1.165, 1.54) is 0 Å². The lowest BCUT2D eigenvalue weighted by atomic mass is 9.63. The SMILES string of the molecule is N#CC1(CCC(=O)O)C=CC(C(=O)NN2C(=O)CNC(=O)c3ccccc32)(C2CCCCC2)C=C1. The molecule has 0 unspecified atom stereocenters. The molecule has 0 saturated heterocycles. The van der Waals surface area contributed by atoms with Crippen molar-refractivity contribution in [2.45, 2.75) is 44.9 Å². The molecule has 2 aliphatic carbocycles. The zero-order valence-corrected chi connectivity index (χ0v) is 19.3. The summed E-state index contributed by atoms with van der Waals surface area (Å²) in [6.45, 7) is -0.261. The van der Waals surface area contributed by atoms with Gasteiger partial charge >= 0.3 is 5.97 Å². The summed E-state index contributed by atoms with van der Waals surface area (Å²) in [5, 5.41) is 22.6. The van der Waals surface area contributed by atoms with Crippen molar-refractivity contribution in [2.75, 3.05) is 11.6 Å². The minimum absolute atomic E-state index is 0.0444. The number of nitriles is 1. The predicted octanol–water partition coefficient (Wildman–Crippen LogP) is 2.86. The van der Waals surface area contributed by atoms with E-state index in [4.69, 9.17) is 5.11 Å². The first-order chi connectivity index (χ1) is 16.8. The van der Waals surface area contributed by atoms with Crippen molar-refractivity contribution >= 4 is 29.4 Å². The highest BCUT2D eigenvalue weighted by atomic mass is 16.4. The van der Waals surface area contributed by atoms with Crippen LogP contribution >= 0.6 is 0 Å². The van der Waals surface area contributed by atoms with E-state index >= 15 is 0 Å². The van der Waals surface area contributed by atoms with Crippen LogP contribution in [0.4, 0.5) is 5.69 Å². The second-order valence-electron chi connectivity index (χ2n) is 9.35. The van der Waals surface area contributed by atoms with Crippen molar-refractivity contribution in [1.82, 2.24) is 10.7 Å². The van der Waals surface area contributed by atoms with Crippen LogP contribution in [-0.4, -0.2) is 35.3 Å². The number of nitrogens with zero attached hydrogens (tertiary/aromatic N) is 2. The number of hydrogen-bond acceptors (Lipinski definition) is 5. The summed E-state index contributed by atoms with van der Waals surface area (Å²) in [6.07, 6.45) is 11.2. The van der Waals surface area contributed by atoms with Gasteiger partial charge in [-0.3, -0.25) is 24.6 Å². The average Bonchev–Trinajstić information content (AvgIpc) is 3.00. The number of anilines is 1. The van der Waals surface area contributed by atoms with Crippen LogP contribution in [0.1, 0.15) is 55.3 Å². The molecule has 1 aromatic rings. The predicted molar refractivity (Wildman–Crippen MR) is 127 cm³/mol. The number of hydrazine groups is 1. The Labute approximate surface area is 203 Å². The molecule has 1 saturated carbocycles. The van der Waals surface area contributed by atoms with E-state index in [1.54, 1.807) is 48.6 Å². The lowest BCUT2D eigenvalue weighted by Crippen LogP contribution is -2.55. The van der Waals surface area contributed by atoms with Crippen LogP contribution in [0.15, 0.2) is 48.6 Å². The smallest absolute Gasteiger partial charge is 0.303 e. The third-order valence-corrected chi connectivity index (χ3v) is 7.20. The summed E-state index contributed by atoms with van der Waals surface area (Å²) >= 11 is 0. The lowest BCUT2D eigenvalue weighted by molar-refractivity contribution is -0.137. The number of carbonyl (C=O) groups excluding carboxylic acids is 3. The molecule has 0 bridgehead atoms. The molecule has 3 amide bonds. The van der Waals surface area contributed by atoms with Crippen LogP contribution in [0.2, 0.25) is 0 Å². The third-order valence-electron chi connectivity index (χ3n) is 7.20. The Hall–Kier alpha value is -3.93. The van der Waals surface area contributed by atoms with Gasteiger partial charge in [0.2, 0.25) is 0 Å². The van der Waals surface area contributed by atoms with Crippen LogP contribution in [0, 0.1) is 28.1 Å². The third kappa shape index (κ3) is 4.69. The Balaban J connectivity index is 1.68. The average molecular weight is 477 g/mol. The molecule has 9 heteroatoms. The number of amides is 3. The second-order valence-corrected chi connectivity index (χ2v) is 9.35. The molecule has 1 fully saturated rings. The Morgan fingerprint density at radius 1 is 1.11 bits per heavy atom. The molecule has 0 aromatic heterocycles. The maximum Gasteiger partial charge on any atom is 0.303 e. The van der Waals surface area contributed by atoms with Gasteiger partial charge in [0.05, 0.1) is 34.7 Å². The van der Waals surface area contributed by atoms with Crippen LogP contribution < -0.4 is 15.8 Å². The van der Waals surface area contributed by atoms with Gasteiger partial charge in [-0.1, -0.05) is 55.7 Å². The zero-order chi connectivity index (χ0) is 25.1. The van der Waals surface area contributed by atoms with E-state index in [0.29, 0.717) is 0 Å². The van der Waals surface area contributed by atoms with Gasteiger partial charge in [-0.25, -0.2) is 5.01 Å². The van der Waals surface area contributed by atoms with E-state index in [0.717, 1.165) is 37.1 Å². The zero-order valence-electron chi connectivity index (χ0n) is 19.3. The Morgan fingerprint density at radius 3 is 2.46 bits per heavy atom. The number of allylic oxidation sites excluding steroid dienone is 2. The molecule has 0 radical (unpaired) electrons. The van der Waals surface area contributed by atoms with Crippen molar-refractivity contribution in [1.29, 1.82) is 5.26 Å². The normalized spacial score (nSPS) is 26.3. The number of rotatable bonds is 6. The van der Waals surface area contributed by atoms with Gasteiger partial charge in [0.1, 0.15) is 0 Å². The van der Waals surface area contributed by atoms with Crippen molar-refractivity contribution in [3.63, 3.8) is 0 Å². The molecule has 1 heterocycles. The number of benzene rings is 1. The van der Waals surface area contributed by atoms with Crippen LogP contribution in [0.25, 0.3) is 0 Å². The first-order valence-electron chi connectivity index (χ1n) is 11.9. The van der Waals surface area contributed by atoms with Crippen molar-refractivity contribution in [3.8, 4) is 6.07 Å². The Bertz CT molecular complexity index is 1130. The fourth-order valence-electron chi connectivity index (χ4n) is 5.13. The minimum atomic E-state index is -1.11. The van der Waals surface area contributed by atoms with Crippen molar-refractivity contribution in [3.05, 3.63) is 54.1 Å². The monoisotopic (exact) mass is 476 g/mol. The fourth-order valence-corrected chi connectivity index (χ4v) is 5.13. The summed E-state index contributed by atoms with van der Waals surface area (Å²) < 4.78 is 0. The molecule has 182 valence electrons. The molecule has 0 spiro atoms. The topological polar surface area (TPSA) is 140 Å². The number of nitrogens with one attached hydrogen (secondary N) is 2. The largest absolute Gasteiger partial charge is 0.481 e. The highest BCUT2D eigenvalue weighted by Crippen LogP contribution is 2.46. The maximum absolute atomic E-state index is 13.9. The Kier molecular flexibility index (Phi) is 6.74. The van der Waals surface area contributed by atoms with E-state index in [1.807, 2.05) is 0 Å². The van der Waals surface area contributed by atoms with Gasteiger partial charge in [-0.05, 0) is 37.3 Å². The lowest BCUT2D eigenvalue weighted by Gasteiger charge is -2.41. The quantitative estimate of drug-likeness (QED) is 0.540. The molecule has 3 aliphatic rings. The first-order valence-corrected chi connectivity index (χ1v) is 11.9. The van der Waals surface area contributed by atoms with Crippen molar-refractivity contribution in [2.24, 2.45) is 16.7 Å². The van der Waals surface area contributed by atoms with Gasteiger partial charge in [0, 0.05) is 6.42 Å². The number of hydrogen-bond donors (Lipinski definition) is 3. The van der Waals surface area contributed by atoms with Gasteiger partial charge in [0.25, 0.3) is 17.7 Å². The van der Waals surface area contributed by atoms with Crippen LogP contribution in [0.5, 0.6) is 0 Å². The summed E-state index contributed by atoms with van der Waals surface area (Å²) in [4.78, 5) is 50.3. The molecule has 1 aliphatic heterocycles. The summed E-state index contributed by atoms with van der Waals surface area (Å²) in [5.74, 6) is -2.35. The number of carbonyl (C=O) groups is 4. The molecule has 3 N–H and O–H groups in total. The molecule has 0 atom stereocenters. The number of fused-ring (bicyclic) bond motifs is 1. The number of carboxylic acids is 1. The molecule has 1 aromatic carbocycles. The van der Waals surface area contributed by atoms with Gasteiger partial charge < -0.3 is 10.4 Å². The number of para-hydroxylation sites is 1. The van der Waals surface area contributed by atoms with E-state index in [-0.39, 0.29) is 36.6 Å². The van der Waals surface area contributed by atoms with Crippen LogP contribution in [0.3, 0.4) is 0 Å². The standard InChI is InChI=1S/C26H28N4O5/c27-17-25(11-10-22(32)33)12-14-26(15-13-25,18-6-2-1-3-7-18)24(35)29-30-20-9-5-4-8-19(20)23(34)28-16-21(30)31/h4-5,8-9,12-15,18H,1-3,6-7,10-11,16H2,(H,28,34)(H,29,35)(H,32,33). The van der Waals surface area contributed by atoms with E-state index < -0.39 is 34.5 Å². The molecule has 35 heavy (non-hydrogen) atoms. The number of aliphatic carboxylic acids is 1. The highest BCUT2D eigenvalue weighted by molar-refractivity contribution is 6.10. The van der Waals surface area contributed by atoms with Gasteiger partial charge in [-0.2, -0.15) is 5.26 Å². The van der Waals surface area contributed by atoms with Gasteiger partial charge in [0.15, 0.2) is 0 Å². The van der Waals surface area contributed by atoms with Gasteiger partial charge in [-0.15, -0.1) is 0 Å². The molecular weight excluding hydrogens is 448 g/mol. The second kappa shape index (κ2) is 9.74. The summed E-state index contributed by atoms with van der Waals surface area (Å²) in [6, 6.07) is 8.75. The Morgan fingerprint density at radius 2 is 1.80 bits per heavy atom. The summed E-state index contributed by atoms with van der Waals surface area (Å²) in [7, 11) is 0. The van der Waals surface area contributed by atoms with Crippen LogP contribution in [-0.2, 0) is 14.4 Å². The minimum Gasteiger partial charge on any atom is -0.481 e. The highest BCUT2D eigenvalue weighted by Gasteiger charge is 2.46. The summed E-state index contributed by atoms with van der Waals surface area (Å²) in [5.41, 5.74) is 1.10. The molecule has 4 rings (SSSR count). The van der Waals surface area contributed by atoms with E-state index in [2.05, 4.69) is 16.8 Å². The van der Waals surface area contributed by atoms with Crippen molar-refractivity contribution < 1.29 is 24.3 Å².